The number of thiazole rings is 2. The van der Waals surface area contributed by atoms with Crippen molar-refractivity contribution in [2.75, 3.05) is 37.0 Å². The van der Waals surface area contributed by atoms with Gasteiger partial charge in [0.05, 0.1) is 24.5 Å². The minimum absolute atomic E-state index is 0.830. The fourth-order valence-corrected chi connectivity index (χ4v) is 8.00. The molecular formula is C30H36N6S2. The van der Waals surface area contributed by atoms with Crippen LogP contribution in [0.25, 0.3) is 11.1 Å². The van der Waals surface area contributed by atoms with Crippen molar-refractivity contribution >= 4 is 34.0 Å². The number of fused-ring (bicyclic) bond motifs is 2. The summed E-state index contributed by atoms with van der Waals surface area (Å²) in [6, 6.07) is 13.4. The van der Waals surface area contributed by atoms with Crippen molar-refractivity contribution in [2.24, 2.45) is 0 Å². The van der Waals surface area contributed by atoms with Crippen LogP contribution in [0.2, 0.25) is 0 Å². The third kappa shape index (κ3) is 4.98. The predicted octanol–water partition coefficient (Wildman–Crippen LogP) is 5.45. The first-order valence-electron chi connectivity index (χ1n) is 13.5. The van der Waals surface area contributed by atoms with E-state index in [1.807, 2.05) is 22.7 Å². The molecule has 0 radical (unpaired) electrons. The fraction of sp³-hybridized carbons (Fsp3) is 0.400. The average molecular weight is 545 g/mol. The molecule has 0 unspecified atom stereocenters. The second-order valence-electron chi connectivity index (χ2n) is 10.4. The first-order valence-corrected chi connectivity index (χ1v) is 15.1. The van der Waals surface area contributed by atoms with Gasteiger partial charge in [-0.3, -0.25) is 0 Å². The van der Waals surface area contributed by atoms with Crippen molar-refractivity contribution in [1.29, 1.82) is 0 Å². The lowest BCUT2D eigenvalue weighted by Gasteiger charge is -2.25. The summed E-state index contributed by atoms with van der Waals surface area (Å²) in [6.07, 6.45) is 2.08. The van der Waals surface area contributed by atoms with Crippen LogP contribution in [-0.4, -0.2) is 37.2 Å². The lowest BCUT2D eigenvalue weighted by Crippen LogP contribution is -2.22. The largest absolute Gasteiger partial charge is 0.368 e. The van der Waals surface area contributed by atoms with Crippen LogP contribution in [0.5, 0.6) is 0 Å². The molecule has 2 aliphatic heterocycles. The van der Waals surface area contributed by atoms with E-state index in [1.165, 1.54) is 64.8 Å². The van der Waals surface area contributed by atoms with Crippen LogP contribution in [-0.2, 0) is 39.0 Å². The van der Waals surface area contributed by atoms with E-state index in [2.05, 4.69) is 84.8 Å². The number of benzene rings is 2. The van der Waals surface area contributed by atoms with E-state index < -0.39 is 0 Å². The highest BCUT2D eigenvalue weighted by atomic mass is 32.1. The Hall–Kier alpha value is -2.78. The van der Waals surface area contributed by atoms with Crippen molar-refractivity contribution in [1.82, 2.24) is 20.6 Å². The number of anilines is 2. The molecule has 0 atom stereocenters. The Bertz CT molecular complexity index is 1300. The highest BCUT2D eigenvalue weighted by Gasteiger charge is 2.19. The van der Waals surface area contributed by atoms with Crippen LogP contribution in [0.4, 0.5) is 11.4 Å². The summed E-state index contributed by atoms with van der Waals surface area (Å²) < 4.78 is 0. The van der Waals surface area contributed by atoms with Crippen LogP contribution in [0.15, 0.2) is 36.4 Å². The molecule has 0 bridgehead atoms. The second-order valence-corrected chi connectivity index (χ2v) is 12.8. The smallest absolute Gasteiger partial charge is 0.113 e. The second kappa shape index (κ2) is 10.8. The van der Waals surface area contributed by atoms with Gasteiger partial charge < -0.3 is 20.4 Å². The van der Waals surface area contributed by atoms with Crippen molar-refractivity contribution in [3.63, 3.8) is 0 Å². The van der Waals surface area contributed by atoms with E-state index in [1.54, 1.807) is 0 Å². The number of hydrogen-bond acceptors (Lipinski definition) is 8. The first kappa shape index (κ1) is 25.5. The van der Waals surface area contributed by atoms with Gasteiger partial charge in [0.15, 0.2) is 0 Å². The number of hydrogen-bond donors (Lipinski definition) is 2. The Morgan fingerprint density at radius 3 is 1.58 bits per heavy atom. The SMILES string of the molecule is Cc1c(-c2cccc(N(C)Cc3nc4c(s3)CNCC4)c2C)cccc1N(C)Cc1nc2c(s1)CNCC2. The summed E-state index contributed by atoms with van der Waals surface area (Å²) in [6.45, 7) is 10.1. The normalized spacial score (nSPS) is 14.7. The van der Waals surface area contributed by atoms with Crippen molar-refractivity contribution in [3.05, 3.63) is 78.7 Å². The van der Waals surface area contributed by atoms with Gasteiger partial charge in [0.2, 0.25) is 0 Å². The quantitative estimate of drug-likeness (QED) is 0.323. The van der Waals surface area contributed by atoms with Gasteiger partial charge >= 0.3 is 0 Å². The maximum Gasteiger partial charge on any atom is 0.113 e. The molecule has 38 heavy (non-hydrogen) atoms. The first-order chi connectivity index (χ1) is 18.5. The predicted molar refractivity (Wildman–Crippen MR) is 161 cm³/mol. The van der Waals surface area contributed by atoms with Gasteiger partial charge in [-0.25, -0.2) is 9.97 Å². The van der Waals surface area contributed by atoms with E-state index in [-0.39, 0.29) is 0 Å². The van der Waals surface area contributed by atoms with Crippen molar-refractivity contribution in [3.8, 4) is 11.1 Å². The molecule has 4 aromatic rings. The Morgan fingerprint density at radius 2 is 1.16 bits per heavy atom. The molecule has 4 heterocycles. The van der Waals surface area contributed by atoms with E-state index in [0.29, 0.717) is 0 Å². The Kier molecular flexibility index (Phi) is 7.22. The Morgan fingerprint density at radius 1 is 0.711 bits per heavy atom. The molecule has 6 nitrogen and oxygen atoms in total. The van der Waals surface area contributed by atoms with Crippen molar-refractivity contribution < 1.29 is 0 Å². The zero-order valence-corrected chi connectivity index (χ0v) is 24.4. The molecule has 2 aromatic carbocycles. The molecule has 6 rings (SSSR count). The molecule has 2 N–H and O–H groups in total. The zero-order chi connectivity index (χ0) is 26.2. The Balaban J connectivity index is 1.24. The lowest BCUT2D eigenvalue weighted by molar-refractivity contribution is 0.642. The number of nitrogens with one attached hydrogen (secondary N) is 2. The maximum absolute atomic E-state index is 4.95. The monoisotopic (exact) mass is 544 g/mol. The lowest BCUT2D eigenvalue weighted by atomic mass is 9.94. The van der Waals surface area contributed by atoms with E-state index in [0.717, 1.165) is 52.1 Å². The molecule has 0 saturated heterocycles. The molecule has 8 heteroatoms. The van der Waals surface area contributed by atoms with Gasteiger partial charge in [0.1, 0.15) is 10.0 Å². The molecule has 0 spiro atoms. The van der Waals surface area contributed by atoms with Gasteiger partial charge in [-0.05, 0) is 48.2 Å². The van der Waals surface area contributed by atoms with Gasteiger partial charge in [-0.1, -0.05) is 24.3 Å². The summed E-state index contributed by atoms with van der Waals surface area (Å²) in [4.78, 5) is 17.4. The summed E-state index contributed by atoms with van der Waals surface area (Å²) in [5, 5.41) is 9.33. The molecule has 198 valence electrons. The van der Waals surface area contributed by atoms with Gasteiger partial charge in [0, 0.05) is 74.2 Å². The molecule has 2 aromatic heterocycles. The highest BCUT2D eigenvalue weighted by Crippen LogP contribution is 2.37. The molecule has 0 amide bonds. The summed E-state index contributed by atoms with van der Waals surface area (Å²) >= 11 is 3.71. The van der Waals surface area contributed by atoms with E-state index in [9.17, 15) is 0 Å². The van der Waals surface area contributed by atoms with Gasteiger partial charge in [-0.2, -0.15) is 0 Å². The number of aromatic nitrogens is 2. The van der Waals surface area contributed by atoms with Crippen molar-refractivity contribution in [2.45, 2.75) is 52.9 Å². The standard InChI is InChI=1S/C30H36N6S2/c1-19-21(7-5-9-25(19)35(3)17-29-33-23-11-13-31-15-27(23)37-29)22-8-6-10-26(20(22)2)36(4)18-30-34-24-12-14-32-16-28(24)38-30/h5-10,31-32H,11-18H2,1-4H3. The van der Waals surface area contributed by atoms with Crippen LogP contribution in [0.1, 0.15) is 42.3 Å². The maximum atomic E-state index is 4.95. The summed E-state index contributed by atoms with van der Waals surface area (Å²) in [7, 11) is 4.37. The van der Waals surface area contributed by atoms with E-state index >= 15 is 0 Å². The van der Waals surface area contributed by atoms with Crippen LogP contribution >= 0.6 is 22.7 Å². The third-order valence-corrected chi connectivity index (χ3v) is 9.93. The average Bonchev–Trinajstić information content (AvgIpc) is 3.51. The molecule has 0 saturated carbocycles. The zero-order valence-electron chi connectivity index (χ0n) is 22.7. The summed E-state index contributed by atoms with van der Waals surface area (Å²) in [5.41, 5.74) is 10.3. The summed E-state index contributed by atoms with van der Waals surface area (Å²) in [5.74, 6) is 0. The molecule has 0 fully saturated rings. The molecular weight excluding hydrogens is 509 g/mol. The van der Waals surface area contributed by atoms with Crippen LogP contribution in [0.3, 0.4) is 0 Å². The van der Waals surface area contributed by atoms with Crippen LogP contribution < -0.4 is 20.4 Å². The fourth-order valence-electron chi connectivity index (χ4n) is 5.73. The van der Waals surface area contributed by atoms with Gasteiger partial charge in [0.25, 0.3) is 0 Å². The minimum Gasteiger partial charge on any atom is -0.368 e. The third-order valence-electron chi connectivity index (χ3n) is 7.76. The number of nitrogens with zero attached hydrogens (tertiary/aromatic N) is 4. The van der Waals surface area contributed by atoms with E-state index in [4.69, 9.17) is 9.97 Å². The van der Waals surface area contributed by atoms with Gasteiger partial charge in [-0.15, -0.1) is 22.7 Å². The topological polar surface area (TPSA) is 56.3 Å². The highest BCUT2D eigenvalue weighted by molar-refractivity contribution is 7.12. The molecule has 2 aliphatic rings. The molecule has 0 aliphatic carbocycles. The minimum atomic E-state index is 0.830. The Labute approximate surface area is 233 Å². The van der Waals surface area contributed by atoms with Crippen LogP contribution in [0, 0.1) is 13.8 Å². The number of rotatable bonds is 7.